The van der Waals surface area contributed by atoms with E-state index in [9.17, 15) is 0 Å². The minimum atomic E-state index is -0.113. The normalized spacial score (nSPS) is 20.1. The van der Waals surface area contributed by atoms with Crippen LogP contribution in [0.15, 0.2) is 158 Å². The van der Waals surface area contributed by atoms with E-state index in [0.717, 1.165) is 19.3 Å². The van der Waals surface area contributed by atoms with Gasteiger partial charge in [0.2, 0.25) is 0 Å². The predicted molar refractivity (Wildman–Crippen MR) is 315 cm³/mol. The first-order valence-electron chi connectivity index (χ1n) is 27.5. The molecule has 1 aromatic heterocycles. The first-order valence-corrected chi connectivity index (χ1v) is 27.5. The molecule has 0 bridgehead atoms. The third-order valence-electron chi connectivity index (χ3n) is 18.4. The van der Waals surface area contributed by atoms with Gasteiger partial charge in [-0.1, -0.05) is 142 Å². The lowest BCUT2D eigenvalue weighted by atomic mass is 9.33. The molecule has 7 aromatic carbocycles. The number of anilines is 8. The molecular formula is C69H71BN4. The fourth-order valence-electron chi connectivity index (χ4n) is 14.4. The van der Waals surface area contributed by atoms with E-state index >= 15 is 0 Å². The van der Waals surface area contributed by atoms with E-state index < -0.39 is 0 Å². The van der Waals surface area contributed by atoms with Crippen molar-refractivity contribution in [1.82, 2.24) is 4.98 Å². The van der Waals surface area contributed by atoms with E-state index in [2.05, 4.69) is 241 Å². The highest BCUT2D eigenvalue weighted by atomic mass is 15.3. The highest BCUT2D eigenvalue weighted by Gasteiger charge is 2.58. The van der Waals surface area contributed by atoms with Gasteiger partial charge >= 0.3 is 0 Å². The molecule has 3 aliphatic heterocycles. The summed E-state index contributed by atoms with van der Waals surface area (Å²) < 4.78 is 0. The maximum Gasteiger partial charge on any atom is 0.252 e. The lowest BCUT2D eigenvalue weighted by Gasteiger charge is -2.50. The van der Waals surface area contributed by atoms with Gasteiger partial charge in [0.15, 0.2) is 0 Å². The van der Waals surface area contributed by atoms with Crippen molar-refractivity contribution in [3.8, 4) is 22.3 Å². The number of rotatable bonds is 5. The topological polar surface area (TPSA) is 22.6 Å². The molecule has 8 aromatic rings. The highest BCUT2D eigenvalue weighted by Crippen LogP contribution is 2.62. The molecule has 2 unspecified atom stereocenters. The Morgan fingerprint density at radius 1 is 0.500 bits per heavy atom. The van der Waals surface area contributed by atoms with Crippen LogP contribution in [0.4, 0.5) is 45.5 Å². The van der Waals surface area contributed by atoms with Gasteiger partial charge in [-0.3, -0.25) is 4.98 Å². The summed E-state index contributed by atoms with van der Waals surface area (Å²) in [4.78, 5) is 12.4. The number of aromatic nitrogens is 1. The summed E-state index contributed by atoms with van der Waals surface area (Å²) in [6.45, 7) is 26.3. The number of pyridine rings is 1. The van der Waals surface area contributed by atoms with Crippen molar-refractivity contribution in [3.63, 3.8) is 0 Å². The van der Waals surface area contributed by atoms with Crippen molar-refractivity contribution in [3.05, 3.63) is 191 Å². The van der Waals surface area contributed by atoms with Crippen molar-refractivity contribution in [2.45, 2.75) is 136 Å². The maximum atomic E-state index is 4.36. The molecular weight excluding hydrogens is 896 g/mol. The van der Waals surface area contributed by atoms with Crippen LogP contribution in [0.5, 0.6) is 0 Å². The third kappa shape index (κ3) is 7.11. The zero-order valence-electron chi connectivity index (χ0n) is 45.6. The highest BCUT2D eigenvalue weighted by molar-refractivity contribution is 7.00. The first kappa shape index (κ1) is 46.9. The molecule has 0 saturated heterocycles. The smallest absolute Gasteiger partial charge is 0.252 e. The number of hydrogen-bond donors (Lipinski definition) is 0. The number of fused-ring (bicyclic) bond motifs is 8. The Kier molecular flexibility index (Phi) is 10.3. The molecule has 0 N–H and O–H groups in total. The molecule has 74 heavy (non-hydrogen) atoms. The summed E-state index contributed by atoms with van der Waals surface area (Å²) in [6.07, 6.45) is 10.8. The molecule has 5 aliphatic rings. The van der Waals surface area contributed by atoms with Crippen molar-refractivity contribution in [2.75, 3.05) is 14.7 Å². The van der Waals surface area contributed by atoms with E-state index in [-0.39, 0.29) is 33.9 Å². The Morgan fingerprint density at radius 2 is 1.14 bits per heavy atom. The second-order valence-electron chi connectivity index (χ2n) is 26.0. The summed E-state index contributed by atoms with van der Waals surface area (Å²) >= 11 is 0. The van der Waals surface area contributed by atoms with E-state index in [1.54, 1.807) is 0 Å². The number of aryl methyl sites for hydroxylation is 1. The Labute approximate surface area is 441 Å². The van der Waals surface area contributed by atoms with Gasteiger partial charge in [0.25, 0.3) is 6.71 Å². The summed E-state index contributed by atoms with van der Waals surface area (Å²) in [5.41, 5.74) is 27.7. The van der Waals surface area contributed by atoms with Gasteiger partial charge in [0.1, 0.15) is 0 Å². The minimum absolute atomic E-state index is 0.0132. The van der Waals surface area contributed by atoms with Crippen molar-refractivity contribution < 1.29 is 0 Å². The molecule has 1 fully saturated rings. The number of nitrogens with zero attached hydrogens (tertiary/aromatic N) is 4. The summed E-state index contributed by atoms with van der Waals surface area (Å²) in [7, 11) is 0. The van der Waals surface area contributed by atoms with Crippen LogP contribution in [0.2, 0.25) is 0 Å². The number of hydrogen-bond acceptors (Lipinski definition) is 4. The number of benzene rings is 7. The molecule has 0 spiro atoms. The molecule has 13 rings (SSSR count). The van der Waals surface area contributed by atoms with E-state index in [1.165, 1.54) is 137 Å². The minimum Gasteiger partial charge on any atom is -0.334 e. The van der Waals surface area contributed by atoms with Crippen LogP contribution in [0.25, 0.3) is 22.3 Å². The van der Waals surface area contributed by atoms with Crippen molar-refractivity contribution in [1.29, 1.82) is 0 Å². The van der Waals surface area contributed by atoms with E-state index in [1.807, 2.05) is 12.4 Å². The summed E-state index contributed by atoms with van der Waals surface area (Å²) in [6, 6.07) is 57.4. The molecule has 370 valence electrons. The average Bonchev–Trinajstić information content (AvgIpc) is 3.80. The molecule has 4 nitrogen and oxygen atoms in total. The SMILES string of the molecule is Cc1cc2c3c(c1)N(c1ccc(C(C)(C)C)cc1-c1ccccc1)c1cc4c(cc1B3c1ccc(N3c5ccc(-c6ccncc6)cc5C5(C)CCCCC35C)cc1N2c1ccc(C(C)(C)C)cc1)CC(C)(C)C4. The van der Waals surface area contributed by atoms with Gasteiger partial charge in [-0.05, 0) is 201 Å². The van der Waals surface area contributed by atoms with Gasteiger partial charge < -0.3 is 14.7 Å². The second-order valence-corrected chi connectivity index (χ2v) is 26.0. The molecule has 2 aliphatic carbocycles. The van der Waals surface area contributed by atoms with Gasteiger partial charge in [0, 0.05) is 63.2 Å². The molecule has 0 radical (unpaired) electrons. The molecule has 0 amide bonds. The Hall–Kier alpha value is -6.85. The zero-order chi connectivity index (χ0) is 51.3. The fraction of sp³-hybridized carbons (Fsp3) is 0.319. The van der Waals surface area contributed by atoms with Gasteiger partial charge in [-0.15, -0.1) is 0 Å². The maximum absolute atomic E-state index is 4.36. The molecule has 2 atom stereocenters. The Balaban J connectivity index is 1.08. The fourth-order valence-corrected chi connectivity index (χ4v) is 14.4. The second kappa shape index (κ2) is 16.3. The zero-order valence-corrected chi connectivity index (χ0v) is 45.6. The van der Waals surface area contributed by atoms with Crippen molar-refractivity contribution >= 4 is 68.6 Å². The quantitative estimate of drug-likeness (QED) is 0.160. The lowest BCUT2D eigenvalue weighted by Crippen LogP contribution is -2.61. The standard InChI is InChI=1S/C69H71BN4/c1-44-35-62-64-63(36-44)73(58-28-22-51(66(5,6)7)40-54(58)46-17-13-12-14-18-46)60-39-49-43-67(8,9)42-48(49)38-57(60)70(64)56-26-25-53(41-61(56)72(62)52-23-20-50(21-24-52)65(2,3)4)74-59-27-19-47(45-29-33-71-34-30-45)37-55(59)68(10)31-15-16-32-69(68,74)11/h12-14,17-30,33-41H,15-16,31-32,42-43H2,1-11H3. The van der Waals surface area contributed by atoms with E-state index in [4.69, 9.17) is 0 Å². The average molecular weight is 967 g/mol. The van der Waals surface area contributed by atoms with Crippen LogP contribution in [-0.4, -0.2) is 17.2 Å². The third-order valence-corrected chi connectivity index (χ3v) is 18.4. The van der Waals surface area contributed by atoms with Crippen molar-refractivity contribution in [2.24, 2.45) is 5.41 Å². The summed E-state index contributed by atoms with van der Waals surface area (Å²) in [5, 5.41) is 0. The van der Waals surface area contributed by atoms with Crippen LogP contribution in [0, 0.1) is 12.3 Å². The monoisotopic (exact) mass is 967 g/mol. The Bertz CT molecular complexity index is 3560. The van der Waals surface area contributed by atoms with Gasteiger partial charge in [-0.25, -0.2) is 0 Å². The first-order chi connectivity index (χ1) is 35.3. The van der Waals surface area contributed by atoms with Crippen LogP contribution in [-0.2, 0) is 29.1 Å². The van der Waals surface area contributed by atoms with Crippen LogP contribution in [0.1, 0.15) is 128 Å². The van der Waals surface area contributed by atoms with E-state index in [0.29, 0.717) is 0 Å². The largest absolute Gasteiger partial charge is 0.334 e. The van der Waals surface area contributed by atoms with Crippen LogP contribution in [0.3, 0.4) is 0 Å². The van der Waals surface area contributed by atoms with Gasteiger partial charge in [-0.2, -0.15) is 0 Å². The van der Waals surface area contributed by atoms with Crippen LogP contribution >= 0.6 is 0 Å². The predicted octanol–water partition coefficient (Wildman–Crippen LogP) is 16.3. The summed E-state index contributed by atoms with van der Waals surface area (Å²) in [5.74, 6) is 0. The molecule has 4 heterocycles. The van der Waals surface area contributed by atoms with Gasteiger partial charge in [0.05, 0.1) is 11.2 Å². The molecule has 1 saturated carbocycles. The lowest BCUT2D eigenvalue weighted by molar-refractivity contribution is 0.195. The van der Waals surface area contributed by atoms with Crippen LogP contribution < -0.4 is 31.1 Å². The molecule has 5 heteroatoms. The Morgan fingerprint density at radius 3 is 1.85 bits per heavy atom.